The van der Waals surface area contributed by atoms with Gasteiger partial charge >= 0.3 is 5.97 Å². The molecule has 5 rings (SSSR count). The first-order chi connectivity index (χ1) is 30.2. The van der Waals surface area contributed by atoms with E-state index in [0.29, 0.717) is 6.42 Å². The van der Waals surface area contributed by atoms with Gasteiger partial charge in [-0.1, -0.05) is 27.2 Å². The molecule has 11 atom stereocenters. The maximum Gasteiger partial charge on any atom is 0.305 e. The third-order valence-electron chi connectivity index (χ3n) is 11.5. The van der Waals surface area contributed by atoms with Crippen LogP contribution < -0.4 is 37.2 Å². The molecule has 2 unspecified atom stereocenters. The topological polar surface area (TPSA) is 381 Å². The van der Waals surface area contributed by atoms with Gasteiger partial charge in [0.25, 0.3) is 0 Å². The fraction of sp³-hybridized carbons (Fsp3) is 0.564. The highest BCUT2D eigenvalue weighted by atomic mass is 32.2. The Morgan fingerprint density at radius 2 is 1.55 bits per heavy atom. The van der Waals surface area contributed by atoms with Crippen molar-refractivity contribution < 1.29 is 73.2 Å². The molecule has 1 aromatic heterocycles. The van der Waals surface area contributed by atoms with Gasteiger partial charge in [0.1, 0.15) is 41.7 Å². The van der Waals surface area contributed by atoms with Gasteiger partial charge in [-0.2, -0.15) is 0 Å². The molecule has 1 saturated heterocycles. The van der Waals surface area contributed by atoms with Crippen LogP contribution in [-0.2, 0) is 60.7 Å². The van der Waals surface area contributed by atoms with Gasteiger partial charge in [0.05, 0.1) is 43.8 Å². The van der Waals surface area contributed by atoms with E-state index < -0.39 is 176 Å². The second-order valence-electron chi connectivity index (χ2n) is 16.1. The highest BCUT2D eigenvalue weighted by molar-refractivity contribution is 7.91. The first-order valence-electron chi connectivity index (χ1n) is 20.5. The van der Waals surface area contributed by atoms with Crippen molar-refractivity contribution in [3.63, 3.8) is 0 Å². The number of hydrogen-bond acceptors (Lipinski definition) is 14. The smallest absolute Gasteiger partial charge is 0.305 e. The molecule has 2 aromatic rings. The van der Waals surface area contributed by atoms with Crippen molar-refractivity contribution in [1.82, 2.24) is 47.1 Å². The van der Waals surface area contributed by atoms with Crippen LogP contribution >= 0.6 is 0 Å². The molecule has 25 heteroatoms. The number of phenolic OH excluding ortho intramolecular Hbond substituents is 1. The number of fused-ring (bicyclic) bond motifs is 5. The highest BCUT2D eigenvalue weighted by Gasteiger charge is 2.45. The zero-order valence-electron chi connectivity index (χ0n) is 35.0. The number of aliphatic carboxylic acids is 1. The van der Waals surface area contributed by atoms with Crippen LogP contribution in [0.25, 0.3) is 10.9 Å². The molecule has 4 heterocycles. The van der Waals surface area contributed by atoms with Crippen molar-refractivity contribution in [2.45, 2.75) is 99.9 Å². The number of aromatic amines is 1. The zero-order valence-corrected chi connectivity index (χ0v) is 35.9. The van der Waals surface area contributed by atoms with Crippen molar-refractivity contribution in [2.24, 2.45) is 11.8 Å². The fourth-order valence-electron chi connectivity index (χ4n) is 7.67. The van der Waals surface area contributed by atoms with Gasteiger partial charge in [0.2, 0.25) is 52.3 Å². The van der Waals surface area contributed by atoms with Crippen LogP contribution in [0, 0.1) is 11.8 Å². The molecular formula is C39H53N9O15S. The summed E-state index contributed by atoms with van der Waals surface area (Å²) in [6, 6.07) is -6.28. The first kappa shape index (κ1) is 49.0. The lowest BCUT2D eigenvalue weighted by molar-refractivity contribution is -0.146. The Hall–Kier alpha value is -6.02. The lowest BCUT2D eigenvalue weighted by atomic mass is 9.93. The van der Waals surface area contributed by atoms with Gasteiger partial charge in [0, 0.05) is 53.5 Å². The van der Waals surface area contributed by atoms with E-state index in [-0.39, 0.29) is 27.2 Å². The second kappa shape index (κ2) is 21.1. The van der Waals surface area contributed by atoms with Crippen molar-refractivity contribution >= 4 is 75.3 Å². The molecule has 3 aliphatic rings. The van der Waals surface area contributed by atoms with E-state index in [4.69, 9.17) is 0 Å². The number of aromatic nitrogens is 1. The van der Waals surface area contributed by atoms with Crippen molar-refractivity contribution in [1.29, 1.82) is 0 Å². The molecule has 1 fully saturated rings. The first-order valence-corrected chi connectivity index (χ1v) is 21.8. The van der Waals surface area contributed by atoms with Crippen molar-refractivity contribution in [3.8, 4) is 5.75 Å². The maximum atomic E-state index is 14.5. The fourth-order valence-corrected chi connectivity index (χ4v) is 9.07. The minimum atomic E-state index is -2.41. The minimum absolute atomic E-state index is 0.0635. The van der Waals surface area contributed by atoms with Gasteiger partial charge < -0.3 is 77.2 Å². The number of aliphatic hydroxyl groups is 3. The average Bonchev–Trinajstić information content (AvgIpc) is 3.82. The van der Waals surface area contributed by atoms with Crippen LogP contribution in [0.4, 0.5) is 0 Å². The highest BCUT2D eigenvalue weighted by Crippen LogP contribution is 2.31. The number of aromatic hydroxyl groups is 1. The van der Waals surface area contributed by atoms with Crippen LogP contribution in [-0.4, -0.2) is 174 Å². The minimum Gasteiger partial charge on any atom is -0.610 e. The zero-order chi connectivity index (χ0) is 47.2. The lowest BCUT2D eigenvalue weighted by Gasteiger charge is -2.32. The predicted molar refractivity (Wildman–Crippen MR) is 221 cm³/mol. The van der Waals surface area contributed by atoms with E-state index in [9.17, 15) is 73.2 Å². The summed E-state index contributed by atoms with van der Waals surface area (Å²) >= 11 is -2.41. The number of nitrogens with one attached hydrogen (secondary N) is 8. The summed E-state index contributed by atoms with van der Waals surface area (Å²) in [6.45, 7) is 1.64. The van der Waals surface area contributed by atoms with Crippen LogP contribution in [0.5, 0.6) is 5.75 Å². The summed E-state index contributed by atoms with van der Waals surface area (Å²) in [6.07, 6.45) is -4.74. The molecule has 0 radical (unpaired) electrons. The number of hydrogen-bond donors (Lipinski definition) is 13. The van der Waals surface area contributed by atoms with Gasteiger partial charge in [0.15, 0.2) is 6.04 Å². The number of rotatable bonds is 7. The Morgan fingerprint density at radius 1 is 0.875 bits per heavy atom. The molecule has 3 aliphatic heterocycles. The van der Waals surface area contributed by atoms with E-state index in [1.807, 2.05) is 0 Å². The summed E-state index contributed by atoms with van der Waals surface area (Å²) in [4.78, 5) is 127. The molecule has 1 aromatic carbocycles. The number of carboxylic acids is 1. The second-order valence-corrected chi connectivity index (χ2v) is 17.5. The SMILES string of the molecule is CC[C@H](C)C1NC(=O)CNC(=O)[C@@H]2Cc3c([nH]c4cc(O)ccc34)[S+]([O-])C[C@H](NC(=O)CNC1=O)C(=O)N[C@@H](CC(=O)O)C(=O)N1C[C@H](O)C[C@H]1C(=O)N[C@@H]([C@@H](C)[C@@H](O)CO)C(=O)N2. The monoisotopic (exact) mass is 919 g/mol. The predicted octanol–water partition coefficient (Wildman–Crippen LogP) is -5.32. The molecule has 0 aliphatic carbocycles. The molecule has 8 amide bonds. The van der Waals surface area contributed by atoms with Gasteiger partial charge in [-0.25, -0.2) is 0 Å². The number of aliphatic hydroxyl groups excluding tert-OH is 3. The molecule has 350 valence electrons. The van der Waals surface area contributed by atoms with Crippen LogP contribution in [0.2, 0.25) is 0 Å². The van der Waals surface area contributed by atoms with E-state index >= 15 is 0 Å². The molecule has 13 N–H and O–H groups in total. The van der Waals surface area contributed by atoms with E-state index in [0.717, 1.165) is 4.90 Å². The van der Waals surface area contributed by atoms with Crippen molar-refractivity contribution in [3.05, 3.63) is 23.8 Å². The van der Waals surface area contributed by atoms with E-state index in [2.05, 4.69) is 42.2 Å². The number of nitrogens with zero attached hydrogens (tertiary/aromatic N) is 1. The Kier molecular flexibility index (Phi) is 16.2. The summed E-state index contributed by atoms with van der Waals surface area (Å²) < 4.78 is 14.5. The number of H-pyrrole nitrogens is 1. The normalized spacial score (nSPS) is 28.5. The molecule has 0 spiro atoms. The average molecular weight is 920 g/mol. The number of phenols is 1. The number of benzene rings is 1. The Bertz CT molecular complexity index is 2150. The standard InChI is InChI=1S/C39H53N9O15S/c1-4-16(2)31-36(60)41-11-28(53)42-25-15-64(63)38-21(20-6-5-18(50)7-22(20)45-38)9-23(33(57)40-12-29(54)46-31)43-37(61)32(17(3)27(52)14-49)47-35(59)26-8-19(51)13-48(26)39(62)24(10-30(55)56)44-34(25)58/h5-7,16-17,19,23-27,31-32,45,49-52H,4,8-15H2,1-3H3,(H,40,57)(H,41,60)(H,42,53)(H,43,61)(H,44,58)(H,46,54)(H,47,59)(H,55,56)/t16-,17-,19+,23-,24-,25-,26-,27-,31?,32-,64?/m0/s1. The molecule has 24 nitrogen and oxygen atoms in total. The van der Waals surface area contributed by atoms with Gasteiger partial charge in [-0.3, -0.25) is 43.2 Å². The molecular weight excluding hydrogens is 867 g/mol. The maximum absolute atomic E-state index is 14.5. The third-order valence-corrected chi connectivity index (χ3v) is 12.9. The lowest BCUT2D eigenvalue weighted by Crippen LogP contribution is -2.62. The summed E-state index contributed by atoms with van der Waals surface area (Å²) in [7, 11) is 0. The summed E-state index contributed by atoms with van der Waals surface area (Å²) in [5, 5.41) is 68.3. The summed E-state index contributed by atoms with van der Waals surface area (Å²) in [5.74, 6) is -12.9. The van der Waals surface area contributed by atoms with Crippen LogP contribution in [0.1, 0.15) is 45.6 Å². The molecule has 64 heavy (non-hydrogen) atoms. The Balaban J connectivity index is 1.73. The number of amides is 8. The quantitative estimate of drug-likeness (QED) is 0.115. The number of carbonyl (C=O) groups is 9. The number of carbonyl (C=O) groups excluding carboxylic acids is 8. The van der Waals surface area contributed by atoms with Crippen LogP contribution in [0.3, 0.4) is 0 Å². The number of carboxylic acid groups (broad SMARTS) is 1. The molecule has 0 saturated carbocycles. The largest absolute Gasteiger partial charge is 0.610 e. The Labute approximate surface area is 368 Å². The summed E-state index contributed by atoms with van der Waals surface area (Å²) in [5.41, 5.74) is 0.220. The van der Waals surface area contributed by atoms with Gasteiger partial charge in [-0.15, -0.1) is 0 Å². The van der Waals surface area contributed by atoms with Crippen molar-refractivity contribution in [2.75, 3.05) is 32.0 Å². The molecule has 2 bridgehead atoms. The van der Waals surface area contributed by atoms with Crippen LogP contribution in [0.15, 0.2) is 23.2 Å². The Morgan fingerprint density at radius 3 is 2.20 bits per heavy atom. The van der Waals surface area contributed by atoms with Gasteiger partial charge in [-0.05, 0) is 18.1 Å². The third kappa shape index (κ3) is 11.6. The van der Waals surface area contributed by atoms with E-state index in [1.54, 1.807) is 13.8 Å². The van der Waals surface area contributed by atoms with E-state index in [1.165, 1.54) is 25.1 Å².